The fraction of sp³-hybridized carbons (Fsp3) is 0.400. The lowest BCUT2D eigenvalue weighted by Crippen LogP contribution is -2.27. The molecule has 5 heteroatoms. The first-order valence-corrected chi connectivity index (χ1v) is 4.93. The van der Waals surface area contributed by atoms with Crippen molar-refractivity contribution >= 4 is 17.4 Å². The highest BCUT2D eigenvalue weighted by Crippen LogP contribution is 2.37. The SMILES string of the molecule is O=C(C1CCc2cccnc21)C(F)(F)Cl. The molecule has 1 heterocycles. The van der Waals surface area contributed by atoms with E-state index in [0.717, 1.165) is 5.56 Å². The van der Waals surface area contributed by atoms with Crippen molar-refractivity contribution in [1.82, 2.24) is 4.98 Å². The molecular formula is C10H8ClF2NO. The highest BCUT2D eigenvalue weighted by Gasteiger charge is 2.44. The summed E-state index contributed by atoms with van der Waals surface area (Å²) in [6.45, 7) is 0. The van der Waals surface area contributed by atoms with Crippen molar-refractivity contribution in [2.45, 2.75) is 24.1 Å². The Morgan fingerprint density at radius 1 is 1.60 bits per heavy atom. The third kappa shape index (κ3) is 1.86. The van der Waals surface area contributed by atoms with Gasteiger partial charge < -0.3 is 0 Å². The molecule has 1 atom stereocenters. The Hall–Kier alpha value is -1.03. The number of ketones is 1. The fourth-order valence-corrected chi connectivity index (χ4v) is 2.00. The largest absolute Gasteiger partial charge is 0.381 e. The van der Waals surface area contributed by atoms with E-state index < -0.39 is 17.1 Å². The van der Waals surface area contributed by atoms with Crippen LogP contribution in [0.2, 0.25) is 0 Å². The van der Waals surface area contributed by atoms with E-state index in [1.165, 1.54) is 6.20 Å². The number of fused-ring (bicyclic) bond motifs is 1. The van der Waals surface area contributed by atoms with Gasteiger partial charge in [0, 0.05) is 6.20 Å². The van der Waals surface area contributed by atoms with Crippen LogP contribution in [0.1, 0.15) is 23.6 Å². The van der Waals surface area contributed by atoms with Gasteiger partial charge in [0.1, 0.15) is 0 Å². The number of halogens is 3. The summed E-state index contributed by atoms with van der Waals surface area (Å²) in [6.07, 6.45) is 2.47. The van der Waals surface area contributed by atoms with Crippen LogP contribution < -0.4 is 0 Å². The lowest BCUT2D eigenvalue weighted by atomic mass is 10.0. The number of aryl methyl sites for hydroxylation is 1. The highest BCUT2D eigenvalue weighted by molar-refractivity contribution is 6.33. The zero-order chi connectivity index (χ0) is 11.1. The second-order valence-electron chi connectivity index (χ2n) is 3.50. The third-order valence-electron chi connectivity index (χ3n) is 2.55. The van der Waals surface area contributed by atoms with Crippen LogP contribution in [0.15, 0.2) is 18.3 Å². The van der Waals surface area contributed by atoms with E-state index in [-0.39, 0.29) is 0 Å². The van der Waals surface area contributed by atoms with E-state index in [1.54, 1.807) is 12.1 Å². The van der Waals surface area contributed by atoms with Crippen molar-refractivity contribution in [2.24, 2.45) is 0 Å². The zero-order valence-electron chi connectivity index (χ0n) is 7.71. The van der Waals surface area contributed by atoms with E-state index >= 15 is 0 Å². The summed E-state index contributed by atoms with van der Waals surface area (Å²) in [5.74, 6) is -2.10. The summed E-state index contributed by atoms with van der Waals surface area (Å²) < 4.78 is 25.3. The smallest absolute Gasteiger partial charge is 0.291 e. The van der Waals surface area contributed by atoms with Gasteiger partial charge in [-0.3, -0.25) is 9.78 Å². The average Bonchev–Trinajstić information content (AvgIpc) is 2.58. The normalized spacial score (nSPS) is 20.1. The van der Waals surface area contributed by atoms with E-state index in [9.17, 15) is 13.6 Å². The Morgan fingerprint density at radius 2 is 2.33 bits per heavy atom. The summed E-state index contributed by atoms with van der Waals surface area (Å²) in [5.41, 5.74) is 1.31. The maximum atomic E-state index is 12.6. The molecule has 1 aromatic rings. The number of hydrogen-bond donors (Lipinski definition) is 0. The maximum Gasteiger partial charge on any atom is 0.381 e. The van der Waals surface area contributed by atoms with Crippen molar-refractivity contribution in [3.05, 3.63) is 29.6 Å². The summed E-state index contributed by atoms with van der Waals surface area (Å²) in [5, 5.41) is -3.79. The minimum absolute atomic E-state index is 0.369. The molecule has 0 saturated heterocycles. The second kappa shape index (κ2) is 3.52. The van der Waals surface area contributed by atoms with Crippen LogP contribution >= 0.6 is 11.6 Å². The molecule has 1 unspecified atom stereocenters. The predicted octanol–water partition coefficient (Wildman–Crippen LogP) is 2.51. The van der Waals surface area contributed by atoms with Crippen LogP contribution in [0.25, 0.3) is 0 Å². The van der Waals surface area contributed by atoms with Crippen molar-refractivity contribution in [3.63, 3.8) is 0 Å². The number of nitrogens with zero attached hydrogens (tertiary/aromatic N) is 1. The molecule has 0 spiro atoms. The van der Waals surface area contributed by atoms with Crippen molar-refractivity contribution in [2.75, 3.05) is 0 Å². The topological polar surface area (TPSA) is 30.0 Å². The highest BCUT2D eigenvalue weighted by atomic mass is 35.5. The first kappa shape index (κ1) is 10.5. The van der Waals surface area contributed by atoms with Crippen LogP contribution in [0.5, 0.6) is 0 Å². The molecule has 80 valence electrons. The van der Waals surface area contributed by atoms with Gasteiger partial charge in [-0.2, -0.15) is 8.78 Å². The lowest BCUT2D eigenvalue weighted by molar-refractivity contribution is -0.135. The molecule has 0 bridgehead atoms. The van der Waals surface area contributed by atoms with Crippen LogP contribution in [-0.2, 0) is 11.2 Å². The number of hydrogen-bond acceptors (Lipinski definition) is 2. The molecule has 0 fully saturated rings. The Morgan fingerprint density at radius 3 is 3.00 bits per heavy atom. The van der Waals surface area contributed by atoms with E-state index in [0.29, 0.717) is 18.5 Å². The van der Waals surface area contributed by atoms with Crippen molar-refractivity contribution in [1.29, 1.82) is 0 Å². The third-order valence-corrected chi connectivity index (χ3v) is 2.74. The number of pyridine rings is 1. The number of carbonyl (C=O) groups excluding carboxylic acids is 1. The first-order valence-electron chi connectivity index (χ1n) is 4.55. The van der Waals surface area contributed by atoms with Gasteiger partial charge >= 0.3 is 5.38 Å². The molecule has 0 radical (unpaired) electrons. The van der Waals surface area contributed by atoms with Gasteiger partial charge in [-0.15, -0.1) is 0 Å². The maximum absolute atomic E-state index is 12.6. The van der Waals surface area contributed by atoms with Crippen LogP contribution in [0.3, 0.4) is 0 Å². The predicted molar refractivity (Wildman–Crippen MR) is 51.1 cm³/mol. The van der Waals surface area contributed by atoms with E-state index in [2.05, 4.69) is 4.98 Å². The fourth-order valence-electron chi connectivity index (χ4n) is 1.87. The summed E-state index contributed by atoms with van der Waals surface area (Å²) >= 11 is 4.72. The van der Waals surface area contributed by atoms with Gasteiger partial charge in [-0.25, -0.2) is 0 Å². The van der Waals surface area contributed by atoms with Crippen LogP contribution in [0, 0.1) is 0 Å². The molecule has 1 aliphatic rings. The molecule has 2 rings (SSSR count). The van der Waals surface area contributed by atoms with Gasteiger partial charge in [0.2, 0.25) is 5.78 Å². The van der Waals surface area contributed by atoms with Gasteiger partial charge in [0.25, 0.3) is 0 Å². The zero-order valence-corrected chi connectivity index (χ0v) is 8.47. The minimum atomic E-state index is -3.79. The quantitative estimate of drug-likeness (QED) is 0.732. The van der Waals surface area contributed by atoms with Crippen molar-refractivity contribution < 1.29 is 13.6 Å². The summed E-state index contributed by atoms with van der Waals surface area (Å²) in [6, 6.07) is 3.52. The Balaban J connectivity index is 2.32. The molecule has 15 heavy (non-hydrogen) atoms. The monoisotopic (exact) mass is 231 g/mol. The Bertz CT molecular complexity index is 403. The van der Waals surface area contributed by atoms with Crippen LogP contribution in [-0.4, -0.2) is 16.1 Å². The molecule has 0 N–H and O–H groups in total. The molecule has 0 saturated carbocycles. The Kier molecular flexibility index (Phi) is 2.46. The van der Waals surface area contributed by atoms with Gasteiger partial charge in [0.15, 0.2) is 0 Å². The summed E-state index contributed by atoms with van der Waals surface area (Å²) in [7, 11) is 0. The molecule has 1 aliphatic carbocycles. The molecule has 0 aromatic carbocycles. The Labute approximate surface area is 90.3 Å². The molecule has 0 amide bonds. The number of carbonyl (C=O) groups is 1. The van der Waals surface area contributed by atoms with E-state index in [1.807, 2.05) is 0 Å². The van der Waals surface area contributed by atoms with Gasteiger partial charge in [-0.1, -0.05) is 6.07 Å². The van der Waals surface area contributed by atoms with E-state index in [4.69, 9.17) is 11.6 Å². The van der Waals surface area contributed by atoms with Gasteiger partial charge in [0.05, 0.1) is 11.6 Å². The molecule has 2 nitrogen and oxygen atoms in total. The molecular weight excluding hydrogens is 224 g/mol. The standard InChI is InChI=1S/C10H8ClF2NO/c11-10(12,13)9(15)7-4-3-6-2-1-5-14-8(6)7/h1-2,5,7H,3-4H2. The first-order chi connectivity index (χ1) is 7.00. The second-order valence-corrected chi connectivity index (χ2v) is 3.98. The lowest BCUT2D eigenvalue weighted by Gasteiger charge is -2.12. The molecule has 0 aliphatic heterocycles. The van der Waals surface area contributed by atoms with Crippen LogP contribution in [0.4, 0.5) is 8.78 Å². The molecule has 1 aromatic heterocycles. The minimum Gasteiger partial charge on any atom is -0.291 e. The summed E-state index contributed by atoms with van der Waals surface area (Å²) in [4.78, 5) is 15.3. The number of alkyl halides is 3. The van der Waals surface area contributed by atoms with Crippen molar-refractivity contribution in [3.8, 4) is 0 Å². The van der Waals surface area contributed by atoms with Gasteiger partial charge in [-0.05, 0) is 36.1 Å². The number of rotatable bonds is 2. The number of Topliss-reactive ketones (excluding diaryl/α,β-unsaturated/α-hetero) is 1. The number of aromatic nitrogens is 1. The average molecular weight is 232 g/mol.